The Balaban J connectivity index is 2.59. The van der Waals surface area contributed by atoms with Gasteiger partial charge in [-0.15, -0.1) is 0 Å². The molecule has 0 aliphatic heterocycles. The van der Waals surface area contributed by atoms with Crippen LogP contribution in [0.1, 0.15) is 40.9 Å². The van der Waals surface area contributed by atoms with Gasteiger partial charge in [-0.2, -0.15) is 0 Å². The Hall–Kier alpha value is -2.29. The topological polar surface area (TPSA) is 57.5 Å². The molecule has 0 fully saturated rings. The van der Waals surface area contributed by atoms with Gasteiger partial charge in [0.2, 0.25) is 0 Å². The number of rotatable bonds is 4. The Morgan fingerprint density at radius 3 is 2.15 bits per heavy atom. The summed E-state index contributed by atoms with van der Waals surface area (Å²) in [4.78, 5) is 12.4. The maximum atomic E-state index is 12.4. The largest absolute Gasteiger partial charge is 0.508 e. The molecule has 0 heterocycles. The SMILES string of the molecule is CCc1c(O)cc(C(=O)c2ccccc2)c(O)c1CC. The molecule has 2 N–H and O–H groups in total. The molecule has 0 aliphatic carbocycles. The maximum Gasteiger partial charge on any atom is 0.196 e. The Bertz CT molecular complexity index is 630. The van der Waals surface area contributed by atoms with Crippen LogP contribution in [0.15, 0.2) is 36.4 Å². The van der Waals surface area contributed by atoms with E-state index in [9.17, 15) is 15.0 Å². The molecule has 0 amide bonds. The Labute approximate surface area is 118 Å². The quantitative estimate of drug-likeness (QED) is 0.661. The van der Waals surface area contributed by atoms with Crippen molar-refractivity contribution in [1.29, 1.82) is 0 Å². The van der Waals surface area contributed by atoms with Crippen LogP contribution in [0.3, 0.4) is 0 Å². The Kier molecular flexibility index (Phi) is 4.08. The van der Waals surface area contributed by atoms with E-state index in [1.54, 1.807) is 24.3 Å². The van der Waals surface area contributed by atoms with Gasteiger partial charge in [0.05, 0.1) is 5.56 Å². The zero-order valence-electron chi connectivity index (χ0n) is 11.7. The van der Waals surface area contributed by atoms with Crippen LogP contribution >= 0.6 is 0 Å². The highest BCUT2D eigenvalue weighted by molar-refractivity contribution is 6.11. The molecular weight excluding hydrogens is 252 g/mol. The number of benzene rings is 2. The van der Waals surface area contributed by atoms with Gasteiger partial charge in [0.1, 0.15) is 11.5 Å². The first-order valence-corrected chi connectivity index (χ1v) is 6.76. The van der Waals surface area contributed by atoms with Gasteiger partial charge < -0.3 is 10.2 Å². The standard InChI is InChI=1S/C17H18O3/c1-3-12-13(4-2)17(20)14(10-15(12)18)16(19)11-8-6-5-7-9-11/h5-10,18,20H,3-4H2,1-2H3. The molecule has 3 nitrogen and oxygen atoms in total. The molecule has 0 unspecified atom stereocenters. The number of phenolic OH excluding ortho intramolecular Hbond substituents is 2. The molecule has 0 radical (unpaired) electrons. The van der Waals surface area contributed by atoms with Crippen LogP contribution in [0.4, 0.5) is 0 Å². The van der Waals surface area contributed by atoms with Gasteiger partial charge in [0.15, 0.2) is 5.78 Å². The molecule has 0 bridgehead atoms. The first-order valence-electron chi connectivity index (χ1n) is 6.76. The van der Waals surface area contributed by atoms with Crippen LogP contribution in [0.25, 0.3) is 0 Å². The summed E-state index contributed by atoms with van der Waals surface area (Å²) in [5.74, 6) is -0.229. The zero-order valence-corrected chi connectivity index (χ0v) is 11.7. The number of aromatic hydroxyl groups is 2. The van der Waals surface area contributed by atoms with Crippen molar-refractivity contribution in [2.45, 2.75) is 26.7 Å². The van der Waals surface area contributed by atoms with Crippen molar-refractivity contribution in [2.24, 2.45) is 0 Å². The summed E-state index contributed by atoms with van der Waals surface area (Å²) in [7, 11) is 0. The molecule has 104 valence electrons. The second-order valence-corrected chi connectivity index (χ2v) is 4.65. The molecule has 0 spiro atoms. The van der Waals surface area contributed by atoms with Crippen LogP contribution in [-0.2, 0) is 12.8 Å². The van der Waals surface area contributed by atoms with Crippen molar-refractivity contribution in [2.75, 3.05) is 0 Å². The van der Waals surface area contributed by atoms with Crippen molar-refractivity contribution in [3.63, 3.8) is 0 Å². The van der Waals surface area contributed by atoms with Crippen molar-refractivity contribution in [3.05, 3.63) is 58.7 Å². The summed E-state index contributed by atoms with van der Waals surface area (Å²) < 4.78 is 0. The summed E-state index contributed by atoms with van der Waals surface area (Å²) in [5.41, 5.74) is 2.00. The normalized spacial score (nSPS) is 10.5. The smallest absolute Gasteiger partial charge is 0.196 e. The number of carbonyl (C=O) groups excluding carboxylic acids is 1. The van der Waals surface area contributed by atoms with Gasteiger partial charge in [-0.3, -0.25) is 4.79 Å². The molecule has 0 saturated carbocycles. The molecule has 0 aromatic heterocycles. The summed E-state index contributed by atoms with van der Waals surface area (Å²) in [6.45, 7) is 3.80. The van der Waals surface area contributed by atoms with E-state index in [0.29, 0.717) is 29.5 Å². The lowest BCUT2D eigenvalue weighted by atomic mass is 9.93. The lowest BCUT2D eigenvalue weighted by Gasteiger charge is -2.14. The van der Waals surface area contributed by atoms with Crippen molar-refractivity contribution < 1.29 is 15.0 Å². The van der Waals surface area contributed by atoms with E-state index in [4.69, 9.17) is 0 Å². The highest BCUT2D eigenvalue weighted by Crippen LogP contribution is 2.35. The third-order valence-electron chi connectivity index (χ3n) is 3.48. The van der Waals surface area contributed by atoms with E-state index in [-0.39, 0.29) is 22.8 Å². The number of hydrogen-bond donors (Lipinski definition) is 2. The minimum absolute atomic E-state index is 0.0176. The van der Waals surface area contributed by atoms with Gasteiger partial charge in [-0.1, -0.05) is 44.2 Å². The Morgan fingerprint density at radius 2 is 1.60 bits per heavy atom. The molecular formula is C17H18O3. The second kappa shape index (κ2) is 5.78. The van der Waals surface area contributed by atoms with Gasteiger partial charge in [0.25, 0.3) is 0 Å². The summed E-state index contributed by atoms with van der Waals surface area (Å²) >= 11 is 0. The van der Waals surface area contributed by atoms with Gasteiger partial charge in [-0.05, 0) is 18.9 Å². The molecule has 2 aromatic rings. The van der Waals surface area contributed by atoms with E-state index in [2.05, 4.69) is 0 Å². The first kappa shape index (κ1) is 14.1. The summed E-state index contributed by atoms with van der Waals surface area (Å²) in [5, 5.41) is 20.4. The van der Waals surface area contributed by atoms with Crippen molar-refractivity contribution in [1.82, 2.24) is 0 Å². The van der Waals surface area contributed by atoms with Crippen molar-refractivity contribution in [3.8, 4) is 11.5 Å². The average Bonchev–Trinajstić information content (AvgIpc) is 2.48. The van der Waals surface area contributed by atoms with Gasteiger partial charge in [0, 0.05) is 16.7 Å². The van der Waals surface area contributed by atoms with E-state index in [1.165, 1.54) is 6.07 Å². The predicted octanol–water partition coefficient (Wildman–Crippen LogP) is 3.45. The van der Waals surface area contributed by atoms with E-state index in [1.807, 2.05) is 19.9 Å². The fourth-order valence-corrected chi connectivity index (χ4v) is 2.45. The molecule has 3 heteroatoms. The number of carbonyl (C=O) groups is 1. The molecule has 0 aliphatic rings. The van der Waals surface area contributed by atoms with E-state index >= 15 is 0 Å². The molecule has 20 heavy (non-hydrogen) atoms. The van der Waals surface area contributed by atoms with Crippen LogP contribution < -0.4 is 0 Å². The molecule has 0 saturated heterocycles. The monoisotopic (exact) mass is 270 g/mol. The summed E-state index contributed by atoms with van der Waals surface area (Å²) in [6.07, 6.45) is 1.18. The lowest BCUT2D eigenvalue weighted by Crippen LogP contribution is -2.05. The van der Waals surface area contributed by atoms with Crippen LogP contribution in [-0.4, -0.2) is 16.0 Å². The number of ketones is 1. The molecule has 0 atom stereocenters. The second-order valence-electron chi connectivity index (χ2n) is 4.65. The van der Waals surface area contributed by atoms with E-state index < -0.39 is 0 Å². The van der Waals surface area contributed by atoms with Gasteiger partial charge in [-0.25, -0.2) is 0 Å². The average molecular weight is 270 g/mol. The molecule has 2 rings (SSSR count). The van der Waals surface area contributed by atoms with Crippen LogP contribution in [0.2, 0.25) is 0 Å². The van der Waals surface area contributed by atoms with Crippen LogP contribution in [0.5, 0.6) is 11.5 Å². The highest BCUT2D eigenvalue weighted by Gasteiger charge is 2.20. The van der Waals surface area contributed by atoms with Gasteiger partial charge >= 0.3 is 0 Å². The molecule has 2 aromatic carbocycles. The fraction of sp³-hybridized carbons (Fsp3) is 0.235. The predicted molar refractivity (Wildman–Crippen MR) is 78.4 cm³/mol. The third-order valence-corrected chi connectivity index (χ3v) is 3.48. The first-order chi connectivity index (χ1) is 9.60. The summed E-state index contributed by atoms with van der Waals surface area (Å²) in [6, 6.07) is 10.1. The van der Waals surface area contributed by atoms with Crippen LogP contribution in [0, 0.1) is 0 Å². The maximum absolute atomic E-state index is 12.4. The highest BCUT2D eigenvalue weighted by atomic mass is 16.3. The Morgan fingerprint density at radius 1 is 1.00 bits per heavy atom. The van der Waals surface area contributed by atoms with Crippen molar-refractivity contribution >= 4 is 5.78 Å². The third kappa shape index (κ3) is 2.39. The van der Waals surface area contributed by atoms with E-state index in [0.717, 1.165) is 0 Å². The zero-order chi connectivity index (χ0) is 14.7. The number of hydrogen-bond acceptors (Lipinski definition) is 3. The number of phenols is 2. The fourth-order valence-electron chi connectivity index (χ4n) is 2.45. The minimum atomic E-state index is -0.282. The lowest BCUT2D eigenvalue weighted by molar-refractivity contribution is 0.103. The minimum Gasteiger partial charge on any atom is -0.508 e.